The number of likely N-dealkylation sites (tertiary alicyclic amines) is 1. The average molecular weight is 459 g/mol. The van der Waals surface area contributed by atoms with Gasteiger partial charge in [-0.2, -0.15) is 0 Å². The smallest absolute Gasteiger partial charge is 0.329 e. The van der Waals surface area contributed by atoms with E-state index < -0.39 is 41.0 Å². The van der Waals surface area contributed by atoms with Crippen molar-refractivity contribution in [1.29, 1.82) is 0 Å². The van der Waals surface area contributed by atoms with Crippen LogP contribution in [-0.4, -0.2) is 39.4 Å². The van der Waals surface area contributed by atoms with Crippen LogP contribution in [0.1, 0.15) is 85.3 Å². The van der Waals surface area contributed by atoms with E-state index in [9.17, 15) is 19.7 Å². The zero-order valence-corrected chi connectivity index (χ0v) is 20.7. The lowest BCUT2D eigenvalue weighted by Crippen LogP contribution is -2.51. The first-order valence-electron chi connectivity index (χ1n) is 12.1. The van der Waals surface area contributed by atoms with Crippen LogP contribution in [0, 0.1) is 27.4 Å². The molecule has 0 aromatic heterocycles. The first kappa shape index (κ1) is 25.2. The van der Waals surface area contributed by atoms with E-state index in [2.05, 4.69) is 0 Å². The highest BCUT2D eigenvalue weighted by Gasteiger charge is 2.64. The monoisotopic (exact) mass is 458 g/mol. The Balaban J connectivity index is 2.20. The number of hydrogen-bond donors (Lipinski definition) is 0. The van der Waals surface area contributed by atoms with Crippen LogP contribution in [0.5, 0.6) is 0 Å². The van der Waals surface area contributed by atoms with Crippen molar-refractivity contribution < 1.29 is 19.2 Å². The maximum absolute atomic E-state index is 14.0. The molecule has 1 aromatic carbocycles. The zero-order chi connectivity index (χ0) is 24.6. The number of rotatable bonds is 4. The van der Waals surface area contributed by atoms with Crippen LogP contribution < -0.4 is 0 Å². The van der Waals surface area contributed by atoms with E-state index >= 15 is 0 Å². The highest BCUT2D eigenvalue weighted by atomic mass is 16.6. The third kappa shape index (κ3) is 5.39. The summed E-state index contributed by atoms with van der Waals surface area (Å²) >= 11 is 0. The van der Waals surface area contributed by atoms with Gasteiger partial charge >= 0.3 is 5.97 Å². The van der Waals surface area contributed by atoms with Gasteiger partial charge in [0.1, 0.15) is 17.7 Å². The van der Waals surface area contributed by atoms with Gasteiger partial charge in [0.2, 0.25) is 11.9 Å². The van der Waals surface area contributed by atoms with Gasteiger partial charge in [-0.25, -0.2) is 4.79 Å². The molecule has 2 fully saturated rings. The summed E-state index contributed by atoms with van der Waals surface area (Å²) < 4.78 is 5.77. The lowest BCUT2D eigenvalue weighted by Gasteiger charge is -2.37. The molecule has 0 bridgehead atoms. The number of benzene rings is 1. The number of hydrogen-bond acceptors (Lipinski definition) is 5. The van der Waals surface area contributed by atoms with Crippen LogP contribution >= 0.6 is 0 Å². The number of ether oxygens (including phenoxy) is 1. The van der Waals surface area contributed by atoms with Crippen LogP contribution in [0.2, 0.25) is 0 Å². The van der Waals surface area contributed by atoms with Crippen molar-refractivity contribution in [2.45, 2.75) is 97.4 Å². The Labute approximate surface area is 197 Å². The Morgan fingerprint density at radius 3 is 2.06 bits per heavy atom. The van der Waals surface area contributed by atoms with Crippen LogP contribution in [0.25, 0.3) is 0 Å². The number of carbonyl (C=O) groups excluding carboxylic acids is 2. The summed E-state index contributed by atoms with van der Waals surface area (Å²) in [5.74, 6) is -1.63. The third-order valence-electron chi connectivity index (χ3n) is 6.87. The molecule has 1 aromatic rings. The van der Waals surface area contributed by atoms with Gasteiger partial charge in [-0.15, -0.1) is 0 Å². The summed E-state index contributed by atoms with van der Waals surface area (Å²) in [6.45, 7) is 11.0. The number of esters is 1. The third-order valence-corrected chi connectivity index (χ3v) is 6.87. The molecule has 0 spiro atoms. The Morgan fingerprint density at radius 1 is 1.00 bits per heavy atom. The Kier molecular flexibility index (Phi) is 7.20. The molecule has 4 atom stereocenters. The number of amides is 1. The molecule has 1 saturated heterocycles. The maximum Gasteiger partial charge on any atom is 0.329 e. The number of carbonyl (C=O) groups is 2. The van der Waals surface area contributed by atoms with E-state index in [-0.39, 0.29) is 16.7 Å². The summed E-state index contributed by atoms with van der Waals surface area (Å²) in [5, 5.41) is 12.6. The predicted octanol–water partition coefficient (Wildman–Crippen LogP) is 5.17. The highest BCUT2D eigenvalue weighted by Crippen LogP contribution is 2.50. The van der Waals surface area contributed by atoms with Crippen molar-refractivity contribution in [2.75, 3.05) is 0 Å². The van der Waals surface area contributed by atoms with E-state index in [1.165, 1.54) is 0 Å². The molecule has 0 radical (unpaired) electrons. The first-order chi connectivity index (χ1) is 15.3. The number of nitrogens with zero attached hydrogens (tertiary/aromatic N) is 2. The van der Waals surface area contributed by atoms with Crippen molar-refractivity contribution in [1.82, 2.24) is 4.90 Å². The summed E-state index contributed by atoms with van der Waals surface area (Å²) in [5.41, 5.74) is -0.689. The minimum Gasteiger partial charge on any atom is -0.458 e. The minimum absolute atomic E-state index is 0.155. The summed E-state index contributed by atoms with van der Waals surface area (Å²) in [6.07, 6.45) is 4.50. The molecule has 2 aliphatic rings. The highest BCUT2D eigenvalue weighted by molar-refractivity contribution is 5.88. The normalized spacial score (nSPS) is 26.8. The van der Waals surface area contributed by atoms with E-state index in [0.717, 1.165) is 32.1 Å². The van der Waals surface area contributed by atoms with Gasteiger partial charge in [0.15, 0.2) is 0 Å². The molecule has 1 saturated carbocycles. The second-order valence-corrected chi connectivity index (χ2v) is 11.6. The Morgan fingerprint density at radius 2 is 1.58 bits per heavy atom. The molecule has 33 heavy (non-hydrogen) atoms. The van der Waals surface area contributed by atoms with Gasteiger partial charge in [0.05, 0.1) is 5.92 Å². The van der Waals surface area contributed by atoms with E-state index in [1.807, 2.05) is 51.1 Å². The molecule has 1 aliphatic heterocycles. The first-order valence-corrected chi connectivity index (χ1v) is 12.1. The fourth-order valence-corrected chi connectivity index (χ4v) is 5.59. The van der Waals surface area contributed by atoms with E-state index in [0.29, 0.717) is 5.56 Å². The van der Waals surface area contributed by atoms with Crippen molar-refractivity contribution in [2.24, 2.45) is 17.3 Å². The van der Waals surface area contributed by atoms with Crippen molar-refractivity contribution in [3.63, 3.8) is 0 Å². The van der Waals surface area contributed by atoms with Gasteiger partial charge in [0.25, 0.3) is 0 Å². The lowest BCUT2D eigenvalue weighted by molar-refractivity contribution is -0.536. The van der Waals surface area contributed by atoms with Gasteiger partial charge in [0, 0.05) is 10.8 Å². The molecule has 1 amide bonds. The molecule has 0 unspecified atom stereocenters. The quantitative estimate of drug-likeness (QED) is 0.353. The second-order valence-electron chi connectivity index (χ2n) is 11.6. The van der Waals surface area contributed by atoms with Gasteiger partial charge in [-0.1, -0.05) is 70.4 Å². The van der Waals surface area contributed by atoms with Crippen LogP contribution in [-0.2, 0) is 14.3 Å². The van der Waals surface area contributed by atoms with Gasteiger partial charge in [-0.05, 0) is 44.6 Å². The fraction of sp³-hybridized carbons (Fsp3) is 0.692. The Hall–Kier alpha value is -2.44. The molecule has 3 rings (SSSR count). The van der Waals surface area contributed by atoms with E-state index in [1.54, 1.807) is 25.7 Å². The molecule has 0 N–H and O–H groups in total. The second kappa shape index (κ2) is 9.43. The van der Waals surface area contributed by atoms with Crippen molar-refractivity contribution >= 4 is 11.9 Å². The van der Waals surface area contributed by atoms with Crippen molar-refractivity contribution in [3.05, 3.63) is 46.0 Å². The predicted molar refractivity (Wildman–Crippen MR) is 126 cm³/mol. The van der Waals surface area contributed by atoms with Gasteiger partial charge < -0.3 is 9.64 Å². The Bertz CT molecular complexity index is 865. The van der Waals surface area contributed by atoms with Crippen LogP contribution in [0.15, 0.2) is 30.3 Å². The zero-order valence-electron chi connectivity index (χ0n) is 20.7. The summed E-state index contributed by atoms with van der Waals surface area (Å²) in [7, 11) is 0. The van der Waals surface area contributed by atoms with Crippen LogP contribution in [0.4, 0.5) is 0 Å². The molecule has 182 valence electrons. The molecular formula is C26H38N2O5. The molecule has 7 nitrogen and oxygen atoms in total. The van der Waals surface area contributed by atoms with Crippen molar-refractivity contribution in [3.8, 4) is 0 Å². The molecular weight excluding hydrogens is 420 g/mol. The summed E-state index contributed by atoms with van der Waals surface area (Å²) in [6, 6.07) is 6.18. The maximum atomic E-state index is 14.0. The fourth-order valence-electron chi connectivity index (χ4n) is 5.59. The van der Waals surface area contributed by atoms with Crippen LogP contribution in [0.3, 0.4) is 0 Å². The number of nitro groups is 1. The van der Waals surface area contributed by atoms with Gasteiger partial charge in [-0.3, -0.25) is 14.9 Å². The van der Waals surface area contributed by atoms with E-state index in [4.69, 9.17) is 4.74 Å². The lowest BCUT2D eigenvalue weighted by atomic mass is 9.72. The topological polar surface area (TPSA) is 89.8 Å². The summed E-state index contributed by atoms with van der Waals surface area (Å²) in [4.78, 5) is 41.4. The largest absolute Gasteiger partial charge is 0.458 e. The molecule has 1 aliphatic carbocycles. The molecule has 1 heterocycles. The average Bonchev–Trinajstić information content (AvgIpc) is 3.10. The molecule has 7 heteroatoms. The standard InChI is InChI=1S/C26H38N2O5/c1-25(2,3)19-21(28(31)32)20(17-13-9-7-10-14-17)27(22(19)24(30)33-26(4,5)6)23(29)18-15-11-8-12-16-18/h7,9-10,13-14,18-22H,8,11-12,15-16H2,1-6H3/t19-,20-,21-,22-/m0/s1. The minimum atomic E-state index is -1.11. The SMILES string of the molecule is CC(C)(C)OC(=O)[C@@H]1[C@@H](C(C)(C)C)[C@H]([N+](=O)[O-])[C@H](c2ccccc2)N1C(=O)C1CCCCC1.